The lowest BCUT2D eigenvalue weighted by molar-refractivity contribution is 0.0451. The molecule has 0 aliphatic carbocycles. The zero-order valence-electron chi connectivity index (χ0n) is 11.8. The van der Waals surface area contributed by atoms with Crippen molar-refractivity contribution < 1.29 is 14.6 Å². The van der Waals surface area contributed by atoms with E-state index in [1.54, 1.807) is 25.3 Å². The van der Waals surface area contributed by atoms with Gasteiger partial charge in [0.25, 0.3) is 0 Å². The number of ether oxygens (including phenoxy) is 1. The Bertz CT molecular complexity index is 417. The molecule has 1 heterocycles. The van der Waals surface area contributed by atoms with E-state index in [0.29, 0.717) is 37.4 Å². The summed E-state index contributed by atoms with van der Waals surface area (Å²) in [5, 5.41) is 13.2. The van der Waals surface area contributed by atoms with Gasteiger partial charge in [-0.05, 0) is 31.9 Å². The zero-order chi connectivity index (χ0) is 14.3. The Morgan fingerprint density at radius 2 is 2.11 bits per heavy atom. The van der Waals surface area contributed by atoms with Crippen LogP contribution < -0.4 is 5.32 Å². The minimum absolute atomic E-state index is 0.320. The van der Waals surface area contributed by atoms with Gasteiger partial charge in [0.1, 0.15) is 11.4 Å². The van der Waals surface area contributed by atoms with Crippen molar-refractivity contribution in [2.45, 2.75) is 39.2 Å². The molecule has 106 valence electrons. The molecule has 1 aromatic rings. The van der Waals surface area contributed by atoms with Crippen molar-refractivity contribution >= 4 is 11.8 Å². The smallest absolute Gasteiger partial charge is 0.341 e. The lowest BCUT2D eigenvalue weighted by atomic mass is 9.97. The Kier molecular flexibility index (Phi) is 5.76. The number of esters is 1. The Labute approximate surface area is 114 Å². The van der Waals surface area contributed by atoms with Gasteiger partial charge in [-0.3, -0.25) is 0 Å². The first-order valence-electron chi connectivity index (χ1n) is 6.64. The molecule has 0 aromatic carbocycles. The molecule has 0 unspecified atom stereocenters. The van der Waals surface area contributed by atoms with Crippen molar-refractivity contribution in [3.05, 3.63) is 23.9 Å². The van der Waals surface area contributed by atoms with Gasteiger partial charge in [0.2, 0.25) is 0 Å². The number of hydrogen-bond donors (Lipinski definition) is 2. The van der Waals surface area contributed by atoms with E-state index in [9.17, 15) is 9.90 Å². The van der Waals surface area contributed by atoms with Crippen LogP contribution in [-0.2, 0) is 4.74 Å². The molecular formula is C14H22N2O3. The lowest BCUT2D eigenvalue weighted by Crippen LogP contribution is -2.36. The number of carbonyl (C=O) groups is 1. The second-order valence-electron chi connectivity index (χ2n) is 4.41. The summed E-state index contributed by atoms with van der Waals surface area (Å²) in [6.07, 6.45) is 2.87. The van der Waals surface area contributed by atoms with Crippen LogP contribution in [0.4, 0.5) is 5.82 Å². The number of aromatic nitrogens is 1. The van der Waals surface area contributed by atoms with Gasteiger partial charge in [-0.25, -0.2) is 9.78 Å². The third-order valence-electron chi connectivity index (χ3n) is 3.20. The van der Waals surface area contributed by atoms with Gasteiger partial charge in [0.05, 0.1) is 12.2 Å². The fourth-order valence-electron chi connectivity index (χ4n) is 1.67. The molecule has 0 fully saturated rings. The largest absolute Gasteiger partial charge is 0.462 e. The average Bonchev–Trinajstić information content (AvgIpc) is 2.45. The van der Waals surface area contributed by atoms with E-state index in [4.69, 9.17) is 4.74 Å². The monoisotopic (exact) mass is 266 g/mol. The first-order valence-corrected chi connectivity index (χ1v) is 6.64. The molecule has 0 aliphatic heterocycles. The number of hydrogen-bond acceptors (Lipinski definition) is 5. The highest BCUT2D eigenvalue weighted by molar-refractivity contribution is 5.94. The molecule has 1 aromatic heterocycles. The maximum atomic E-state index is 11.8. The average molecular weight is 266 g/mol. The SMILES string of the molecule is CCOC(=O)c1cccnc1NCC(O)(CC)CC. The molecule has 5 nitrogen and oxygen atoms in total. The van der Waals surface area contributed by atoms with Crippen molar-refractivity contribution in [2.24, 2.45) is 0 Å². The fourth-order valence-corrected chi connectivity index (χ4v) is 1.67. The lowest BCUT2D eigenvalue weighted by Gasteiger charge is -2.26. The molecule has 2 N–H and O–H groups in total. The maximum Gasteiger partial charge on any atom is 0.341 e. The number of rotatable bonds is 7. The molecular weight excluding hydrogens is 244 g/mol. The van der Waals surface area contributed by atoms with E-state index >= 15 is 0 Å². The van der Waals surface area contributed by atoms with Crippen LogP contribution in [0.15, 0.2) is 18.3 Å². The van der Waals surface area contributed by atoms with E-state index in [2.05, 4.69) is 10.3 Å². The molecule has 0 aliphatic rings. The summed E-state index contributed by atoms with van der Waals surface area (Å²) in [4.78, 5) is 15.9. The molecule has 1 rings (SSSR count). The van der Waals surface area contributed by atoms with Crippen LogP contribution in [0.25, 0.3) is 0 Å². The topological polar surface area (TPSA) is 71.5 Å². The van der Waals surface area contributed by atoms with Crippen LogP contribution in [0.2, 0.25) is 0 Å². The van der Waals surface area contributed by atoms with E-state index < -0.39 is 11.6 Å². The first-order chi connectivity index (χ1) is 9.06. The predicted octanol–water partition coefficient (Wildman–Crippen LogP) is 2.22. The van der Waals surface area contributed by atoms with E-state index in [1.807, 2.05) is 13.8 Å². The van der Waals surface area contributed by atoms with Crippen LogP contribution in [0.1, 0.15) is 44.0 Å². The van der Waals surface area contributed by atoms with Crippen molar-refractivity contribution in [1.29, 1.82) is 0 Å². The van der Waals surface area contributed by atoms with Crippen LogP contribution >= 0.6 is 0 Å². The summed E-state index contributed by atoms with van der Waals surface area (Å²) in [7, 11) is 0. The van der Waals surface area contributed by atoms with Gasteiger partial charge in [-0.15, -0.1) is 0 Å². The Balaban J connectivity index is 2.81. The summed E-state index contributed by atoms with van der Waals surface area (Å²) >= 11 is 0. The van der Waals surface area contributed by atoms with Crippen molar-refractivity contribution in [1.82, 2.24) is 4.98 Å². The standard InChI is InChI=1S/C14H22N2O3/c1-4-14(18,5-2)10-16-12-11(8-7-9-15-12)13(17)19-6-3/h7-9,18H,4-6,10H2,1-3H3,(H,15,16). The number of aliphatic hydroxyl groups is 1. The Morgan fingerprint density at radius 3 is 2.68 bits per heavy atom. The van der Waals surface area contributed by atoms with Gasteiger partial charge in [0.15, 0.2) is 0 Å². The van der Waals surface area contributed by atoms with Gasteiger partial charge in [0, 0.05) is 12.7 Å². The van der Waals surface area contributed by atoms with Crippen LogP contribution in [0.5, 0.6) is 0 Å². The molecule has 0 radical (unpaired) electrons. The van der Waals surface area contributed by atoms with Gasteiger partial charge in [-0.1, -0.05) is 13.8 Å². The predicted molar refractivity (Wildman–Crippen MR) is 74.2 cm³/mol. The Hall–Kier alpha value is -1.62. The summed E-state index contributed by atoms with van der Waals surface area (Å²) < 4.78 is 4.97. The summed E-state index contributed by atoms with van der Waals surface area (Å²) in [6, 6.07) is 3.34. The number of pyridine rings is 1. The quantitative estimate of drug-likeness (QED) is 0.740. The van der Waals surface area contributed by atoms with E-state index in [-0.39, 0.29) is 0 Å². The van der Waals surface area contributed by atoms with Gasteiger partial charge < -0.3 is 15.2 Å². The second kappa shape index (κ2) is 7.09. The van der Waals surface area contributed by atoms with Gasteiger partial charge in [-0.2, -0.15) is 0 Å². The molecule has 0 bridgehead atoms. The summed E-state index contributed by atoms with van der Waals surface area (Å²) in [6.45, 7) is 6.28. The molecule has 5 heteroatoms. The van der Waals surface area contributed by atoms with Crippen LogP contribution in [0, 0.1) is 0 Å². The maximum absolute atomic E-state index is 11.8. The minimum atomic E-state index is -0.788. The molecule has 19 heavy (non-hydrogen) atoms. The third kappa shape index (κ3) is 4.21. The zero-order valence-corrected chi connectivity index (χ0v) is 11.8. The molecule has 0 amide bonds. The van der Waals surface area contributed by atoms with Crippen LogP contribution in [-0.4, -0.2) is 34.8 Å². The van der Waals surface area contributed by atoms with Gasteiger partial charge >= 0.3 is 5.97 Å². The van der Waals surface area contributed by atoms with Crippen molar-refractivity contribution in [3.8, 4) is 0 Å². The van der Waals surface area contributed by atoms with E-state index in [0.717, 1.165) is 0 Å². The van der Waals surface area contributed by atoms with Crippen LogP contribution in [0.3, 0.4) is 0 Å². The highest BCUT2D eigenvalue weighted by Gasteiger charge is 2.23. The normalized spacial score (nSPS) is 11.2. The molecule has 0 atom stereocenters. The Morgan fingerprint density at radius 1 is 1.42 bits per heavy atom. The third-order valence-corrected chi connectivity index (χ3v) is 3.20. The van der Waals surface area contributed by atoms with Crippen molar-refractivity contribution in [2.75, 3.05) is 18.5 Å². The second-order valence-corrected chi connectivity index (χ2v) is 4.41. The molecule has 0 spiro atoms. The first kappa shape index (κ1) is 15.4. The number of nitrogens with zero attached hydrogens (tertiary/aromatic N) is 1. The fraction of sp³-hybridized carbons (Fsp3) is 0.571. The molecule has 0 saturated carbocycles. The number of nitrogens with one attached hydrogen (secondary N) is 1. The molecule has 0 saturated heterocycles. The minimum Gasteiger partial charge on any atom is -0.462 e. The summed E-state index contributed by atoms with van der Waals surface area (Å²) in [5.41, 5.74) is -0.400. The van der Waals surface area contributed by atoms with E-state index in [1.165, 1.54) is 0 Å². The summed E-state index contributed by atoms with van der Waals surface area (Å²) in [5.74, 6) is 0.0379. The number of carbonyl (C=O) groups excluding carboxylic acids is 1. The highest BCUT2D eigenvalue weighted by Crippen LogP contribution is 2.18. The highest BCUT2D eigenvalue weighted by atomic mass is 16.5. The van der Waals surface area contributed by atoms with Crippen molar-refractivity contribution in [3.63, 3.8) is 0 Å². The number of anilines is 1.